The van der Waals surface area contributed by atoms with Gasteiger partial charge in [-0.25, -0.2) is 0 Å². The second-order valence-electron chi connectivity index (χ2n) is 5.37. The number of nitrogens with one attached hydrogen (secondary N) is 1. The topological polar surface area (TPSA) is 21.3 Å². The van der Waals surface area contributed by atoms with Crippen molar-refractivity contribution in [2.45, 2.75) is 38.6 Å². The maximum Gasteiger partial charge on any atom is 0.122 e. The third-order valence-corrected chi connectivity index (χ3v) is 3.96. The number of hydrogen-bond donors (Lipinski definition) is 1. The van der Waals surface area contributed by atoms with E-state index < -0.39 is 0 Å². The van der Waals surface area contributed by atoms with Crippen molar-refractivity contribution in [2.24, 2.45) is 5.92 Å². The molecule has 1 saturated carbocycles. The Balaban J connectivity index is 1.51. The molecule has 0 amide bonds. The first kappa shape index (κ1) is 11.1. The van der Waals surface area contributed by atoms with Gasteiger partial charge in [-0.15, -0.1) is 0 Å². The fraction of sp³-hybridized carbons (Fsp3) is 0.600. The van der Waals surface area contributed by atoms with E-state index in [1.807, 2.05) is 0 Å². The molecular formula is C15H21NO. The molecule has 1 N–H and O–H groups in total. The average molecular weight is 231 g/mol. The van der Waals surface area contributed by atoms with Crippen molar-refractivity contribution in [1.29, 1.82) is 0 Å². The summed E-state index contributed by atoms with van der Waals surface area (Å²) in [6, 6.07) is 7.34. The van der Waals surface area contributed by atoms with Crippen LogP contribution >= 0.6 is 0 Å². The van der Waals surface area contributed by atoms with Crippen LogP contribution in [-0.2, 0) is 12.8 Å². The highest BCUT2D eigenvalue weighted by Crippen LogP contribution is 2.32. The summed E-state index contributed by atoms with van der Waals surface area (Å²) < 4.78 is 5.52. The summed E-state index contributed by atoms with van der Waals surface area (Å²) >= 11 is 0. The van der Waals surface area contributed by atoms with Crippen molar-refractivity contribution in [3.05, 3.63) is 29.3 Å². The number of rotatable bonds is 5. The third-order valence-electron chi connectivity index (χ3n) is 3.96. The molecule has 1 fully saturated rings. The molecule has 0 saturated heterocycles. The van der Waals surface area contributed by atoms with E-state index in [0.717, 1.165) is 37.7 Å². The van der Waals surface area contributed by atoms with Crippen LogP contribution in [0.15, 0.2) is 18.2 Å². The Morgan fingerprint density at radius 1 is 1.41 bits per heavy atom. The van der Waals surface area contributed by atoms with Crippen molar-refractivity contribution in [2.75, 3.05) is 13.2 Å². The van der Waals surface area contributed by atoms with Gasteiger partial charge in [-0.3, -0.25) is 0 Å². The van der Waals surface area contributed by atoms with Gasteiger partial charge in [0.15, 0.2) is 0 Å². The predicted molar refractivity (Wildman–Crippen MR) is 69.5 cm³/mol. The maximum atomic E-state index is 5.52. The van der Waals surface area contributed by atoms with Crippen LogP contribution in [-0.4, -0.2) is 19.2 Å². The van der Waals surface area contributed by atoms with Gasteiger partial charge in [-0.1, -0.05) is 12.1 Å². The monoisotopic (exact) mass is 231 g/mol. The first-order valence-corrected chi connectivity index (χ1v) is 6.81. The van der Waals surface area contributed by atoms with Crippen molar-refractivity contribution in [3.63, 3.8) is 0 Å². The maximum absolute atomic E-state index is 5.52. The minimum absolute atomic E-state index is 0.702. The van der Waals surface area contributed by atoms with E-state index in [9.17, 15) is 0 Å². The average Bonchev–Trinajstić information content (AvgIpc) is 3.08. The molecule has 1 unspecified atom stereocenters. The van der Waals surface area contributed by atoms with E-state index in [-0.39, 0.29) is 0 Å². The summed E-state index contributed by atoms with van der Waals surface area (Å²) in [5.41, 5.74) is 2.82. The fourth-order valence-corrected chi connectivity index (χ4v) is 2.60. The highest BCUT2D eigenvalue weighted by atomic mass is 16.5. The molecular weight excluding hydrogens is 210 g/mol. The normalized spacial score (nSPS) is 19.8. The molecule has 1 aromatic rings. The zero-order valence-electron chi connectivity index (χ0n) is 10.5. The standard InChI is InChI=1S/C15H21NO/c1-11(13-3-4-13)16-8-6-12-2-5-15-14(10-12)7-9-17-15/h2,5,10-11,13,16H,3-4,6-9H2,1H3. The first-order chi connectivity index (χ1) is 8.33. The van der Waals surface area contributed by atoms with Crippen LogP contribution < -0.4 is 10.1 Å². The van der Waals surface area contributed by atoms with Crippen LogP contribution in [0.25, 0.3) is 0 Å². The van der Waals surface area contributed by atoms with Crippen molar-refractivity contribution < 1.29 is 4.74 Å². The fourth-order valence-electron chi connectivity index (χ4n) is 2.60. The molecule has 0 bridgehead atoms. The number of ether oxygens (including phenoxy) is 1. The molecule has 2 nitrogen and oxygen atoms in total. The highest BCUT2D eigenvalue weighted by molar-refractivity contribution is 5.39. The molecule has 1 aliphatic heterocycles. The van der Waals surface area contributed by atoms with Crippen LogP contribution in [0, 0.1) is 5.92 Å². The smallest absolute Gasteiger partial charge is 0.122 e. The SMILES string of the molecule is CC(NCCc1ccc2c(c1)CCO2)C1CC1. The quantitative estimate of drug-likeness (QED) is 0.841. The minimum atomic E-state index is 0.702. The van der Waals surface area contributed by atoms with E-state index in [1.54, 1.807) is 0 Å². The van der Waals surface area contributed by atoms with Gasteiger partial charge in [0, 0.05) is 12.5 Å². The van der Waals surface area contributed by atoms with E-state index >= 15 is 0 Å². The summed E-state index contributed by atoms with van der Waals surface area (Å²) in [7, 11) is 0. The molecule has 0 aromatic heterocycles. The largest absolute Gasteiger partial charge is 0.493 e. The lowest BCUT2D eigenvalue weighted by Crippen LogP contribution is -2.29. The summed E-state index contributed by atoms with van der Waals surface area (Å²) in [5.74, 6) is 2.04. The van der Waals surface area contributed by atoms with Crippen LogP contribution in [0.1, 0.15) is 30.9 Å². The molecule has 3 rings (SSSR count). The van der Waals surface area contributed by atoms with E-state index in [1.165, 1.54) is 24.0 Å². The molecule has 92 valence electrons. The van der Waals surface area contributed by atoms with Gasteiger partial charge in [0.1, 0.15) is 5.75 Å². The van der Waals surface area contributed by atoms with E-state index in [4.69, 9.17) is 4.74 Å². The third kappa shape index (κ3) is 2.63. The van der Waals surface area contributed by atoms with E-state index in [0.29, 0.717) is 6.04 Å². The molecule has 2 heteroatoms. The molecule has 2 aliphatic rings. The van der Waals surface area contributed by atoms with Gasteiger partial charge in [-0.05, 0) is 55.8 Å². The lowest BCUT2D eigenvalue weighted by molar-refractivity contribution is 0.357. The number of fused-ring (bicyclic) bond motifs is 1. The van der Waals surface area contributed by atoms with Gasteiger partial charge < -0.3 is 10.1 Å². The van der Waals surface area contributed by atoms with Gasteiger partial charge in [0.2, 0.25) is 0 Å². The summed E-state index contributed by atoms with van der Waals surface area (Å²) in [4.78, 5) is 0. The Morgan fingerprint density at radius 3 is 3.12 bits per heavy atom. The molecule has 1 heterocycles. The van der Waals surface area contributed by atoms with Crippen LogP contribution in [0.5, 0.6) is 5.75 Å². The predicted octanol–water partition coefficient (Wildman–Crippen LogP) is 2.55. The Kier molecular flexibility index (Phi) is 3.06. The molecule has 0 radical (unpaired) electrons. The zero-order valence-corrected chi connectivity index (χ0v) is 10.5. The Bertz CT molecular complexity index is 398. The van der Waals surface area contributed by atoms with Crippen LogP contribution in [0.3, 0.4) is 0 Å². The number of hydrogen-bond acceptors (Lipinski definition) is 2. The molecule has 0 spiro atoms. The van der Waals surface area contributed by atoms with Gasteiger partial charge in [0.25, 0.3) is 0 Å². The first-order valence-electron chi connectivity index (χ1n) is 6.81. The van der Waals surface area contributed by atoms with Crippen molar-refractivity contribution in [3.8, 4) is 5.75 Å². The van der Waals surface area contributed by atoms with Gasteiger partial charge >= 0.3 is 0 Å². The summed E-state index contributed by atoms with van der Waals surface area (Å²) in [6.07, 6.45) is 5.05. The molecule has 1 aliphatic carbocycles. The molecule has 1 aromatic carbocycles. The Morgan fingerprint density at radius 2 is 2.29 bits per heavy atom. The zero-order chi connectivity index (χ0) is 11.7. The Hall–Kier alpha value is -1.02. The minimum Gasteiger partial charge on any atom is -0.493 e. The summed E-state index contributed by atoms with van der Waals surface area (Å²) in [6.45, 7) is 4.27. The van der Waals surface area contributed by atoms with Crippen LogP contribution in [0.2, 0.25) is 0 Å². The Labute approximate surface area is 103 Å². The summed E-state index contributed by atoms with van der Waals surface area (Å²) in [5, 5.41) is 3.63. The number of benzene rings is 1. The van der Waals surface area contributed by atoms with Crippen LogP contribution in [0.4, 0.5) is 0 Å². The van der Waals surface area contributed by atoms with Gasteiger partial charge in [-0.2, -0.15) is 0 Å². The lowest BCUT2D eigenvalue weighted by atomic mass is 10.1. The second kappa shape index (κ2) is 4.69. The lowest BCUT2D eigenvalue weighted by Gasteiger charge is -2.12. The molecule has 17 heavy (non-hydrogen) atoms. The second-order valence-corrected chi connectivity index (χ2v) is 5.37. The van der Waals surface area contributed by atoms with E-state index in [2.05, 4.69) is 30.4 Å². The molecule has 1 atom stereocenters. The van der Waals surface area contributed by atoms with Crippen molar-refractivity contribution >= 4 is 0 Å². The van der Waals surface area contributed by atoms with Crippen molar-refractivity contribution in [1.82, 2.24) is 5.32 Å². The highest BCUT2D eigenvalue weighted by Gasteiger charge is 2.27. The van der Waals surface area contributed by atoms with Gasteiger partial charge in [0.05, 0.1) is 6.61 Å².